The van der Waals surface area contributed by atoms with E-state index in [-0.39, 0.29) is 6.29 Å². The van der Waals surface area contributed by atoms with Crippen molar-refractivity contribution in [1.29, 1.82) is 0 Å². The van der Waals surface area contributed by atoms with E-state index in [1.165, 1.54) is 19.3 Å². The largest absolute Gasteiger partial charge is 0.350 e. The molecule has 2 fully saturated rings. The maximum atomic E-state index is 5.68. The third-order valence-corrected chi connectivity index (χ3v) is 3.02. The fourth-order valence-corrected chi connectivity index (χ4v) is 2.34. The highest BCUT2D eigenvalue weighted by molar-refractivity contribution is 4.81. The lowest BCUT2D eigenvalue weighted by Gasteiger charge is -2.22. The van der Waals surface area contributed by atoms with Gasteiger partial charge in [-0.15, -0.1) is 0 Å². The van der Waals surface area contributed by atoms with Gasteiger partial charge in [0.15, 0.2) is 6.29 Å². The summed E-state index contributed by atoms with van der Waals surface area (Å²) in [4.78, 5) is 0. The highest BCUT2D eigenvalue weighted by Gasteiger charge is 2.35. The summed E-state index contributed by atoms with van der Waals surface area (Å²) in [7, 11) is 0. The maximum absolute atomic E-state index is 5.68. The Morgan fingerprint density at radius 1 is 1.17 bits per heavy atom. The molecule has 0 radical (unpaired) electrons. The molecule has 0 unspecified atom stereocenters. The van der Waals surface area contributed by atoms with Crippen molar-refractivity contribution in [2.24, 2.45) is 17.6 Å². The molecule has 1 saturated carbocycles. The number of rotatable bonds is 2. The average molecular weight is 171 g/mol. The van der Waals surface area contributed by atoms with Crippen molar-refractivity contribution < 1.29 is 9.47 Å². The molecule has 1 saturated heterocycles. The van der Waals surface area contributed by atoms with Crippen LogP contribution in [-0.2, 0) is 9.47 Å². The van der Waals surface area contributed by atoms with Gasteiger partial charge in [0.1, 0.15) is 0 Å². The number of ether oxygens (including phenoxy) is 2. The van der Waals surface area contributed by atoms with Crippen LogP contribution in [0, 0.1) is 11.8 Å². The molecule has 3 nitrogen and oxygen atoms in total. The second-order valence-electron chi connectivity index (χ2n) is 3.70. The Bertz CT molecular complexity index is 145. The lowest BCUT2D eigenvalue weighted by molar-refractivity contribution is -0.0922. The lowest BCUT2D eigenvalue weighted by Crippen LogP contribution is -2.29. The summed E-state index contributed by atoms with van der Waals surface area (Å²) >= 11 is 0. The zero-order valence-corrected chi connectivity index (χ0v) is 7.37. The first kappa shape index (κ1) is 8.48. The van der Waals surface area contributed by atoms with E-state index in [0.29, 0.717) is 11.8 Å². The van der Waals surface area contributed by atoms with Gasteiger partial charge in [0, 0.05) is 5.92 Å². The molecule has 1 heterocycles. The highest BCUT2D eigenvalue weighted by atomic mass is 16.7. The molecule has 0 bridgehead atoms. The summed E-state index contributed by atoms with van der Waals surface area (Å²) in [5.74, 6) is 1.20. The molecule has 12 heavy (non-hydrogen) atoms. The molecule has 0 aromatic heterocycles. The standard InChI is InChI=1S/C9H17NO2/c10-6-7-2-1-3-8(7)9-11-4-5-12-9/h7-9H,1-6,10H2/t7-,8-/m1/s1. The van der Waals surface area contributed by atoms with Crippen molar-refractivity contribution >= 4 is 0 Å². The molecule has 1 aliphatic heterocycles. The molecule has 0 aromatic carbocycles. The molecule has 0 aromatic rings. The van der Waals surface area contributed by atoms with Crippen LogP contribution >= 0.6 is 0 Å². The van der Waals surface area contributed by atoms with Crippen LogP contribution in [0.4, 0.5) is 0 Å². The summed E-state index contributed by atoms with van der Waals surface area (Å²) in [5, 5.41) is 0. The van der Waals surface area contributed by atoms with Gasteiger partial charge in [-0.1, -0.05) is 6.42 Å². The van der Waals surface area contributed by atoms with Gasteiger partial charge in [0.2, 0.25) is 0 Å². The molecule has 2 N–H and O–H groups in total. The SMILES string of the molecule is NC[C@H]1CCC[C@H]1C1OCCO1. The Hall–Kier alpha value is -0.120. The number of hydrogen-bond acceptors (Lipinski definition) is 3. The van der Waals surface area contributed by atoms with Crippen LogP contribution in [0.5, 0.6) is 0 Å². The Balaban J connectivity index is 1.92. The number of nitrogens with two attached hydrogens (primary N) is 1. The van der Waals surface area contributed by atoms with E-state index in [4.69, 9.17) is 15.2 Å². The van der Waals surface area contributed by atoms with Gasteiger partial charge in [0.25, 0.3) is 0 Å². The summed E-state index contributed by atoms with van der Waals surface area (Å²) in [6.07, 6.45) is 3.83. The summed E-state index contributed by atoms with van der Waals surface area (Å²) < 4.78 is 11.0. The highest BCUT2D eigenvalue weighted by Crippen LogP contribution is 2.36. The molecule has 0 amide bonds. The Kier molecular flexibility index (Phi) is 2.63. The minimum Gasteiger partial charge on any atom is -0.350 e. The minimum absolute atomic E-state index is 0.0565. The van der Waals surface area contributed by atoms with Crippen molar-refractivity contribution in [2.45, 2.75) is 25.6 Å². The molecule has 2 rings (SSSR count). The average Bonchev–Trinajstić information content (AvgIpc) is 2.74. The second-order valence-corrected chi connectivity index (χ2v) is 3.70. The van der Waals surface area contributed by atoms with Crippen molar-refractivity contribution in [2.75, 3.05) is 19.8 Å². The molecule has 2 atom stereocenters. The fraction of sp³-hybridized carbons (Fsp3) is 1.00. The van der Waals surface area contributed by atoms with Crippen LogP contribution in [0.1, 0.15) is 19.3 Å². The van der Waals surface area contributed by atoms with E-state index in [2.05, 4.69) is 0 Å². The first-order chi connectivity index (χ1) is 5.92. The van der Waals surface area contributed by atoms with E-state index in [9.17, 15) is 0 Å². The Morgan fingerprint density at radius 3 is 2.58 bits per heavy atom. The second kappa shape index (κ2) is 3.73. The van der Waals surface area contributed by atoms with E-state index in [0.717, 1.165) is 19.8 Å². The van der Waals surface area contributed by atoms with E-state index in [1.54, 1.807) is 0 Å². The van der Waals surface area contributed by atoms with Gasteiger partial charge in [-0.2, -0.15) is 0 Å². The van der Waals surface area contributed by atoms with E-state index < -0.39 is 0 Å². The summed E-state index contributed by atoms with van der Waals surface area (Å²) in [5.41, 5.74) is 5.68. The zero-order valence-electron chi connectivity index (χ0n) is 7.37. The van der Waals surface area contributed by atoms with Gasteiger partial charge in [-0.05, 0) is 25.3 Å². The first-order valence-corrected chi connectivity index (χ1v) is 4.85. The van der Waals surface area contributed by atoms with Gasteiger partial charge in [-0.3, -0.25) is 0 Å². The third kappa shape index (κ3) is 1.49. The summed E-state index contributed by atoms with van der Waals surface area (Å²) in [6, 6.07) is 0. The van der Waals surface area contributed by atoms with Crippen molar-refractivity contribution in [1.82, 2.24) is 0 Å². The monoisotopic (exact) mass is 171 g/mol. The fourth-order valence-electron chi connectivity index (χ4n) is 2.34. The number of hydrogen-bond donors (Lipinski definition) is 1. The van der Waals surface area contributed by atoms with Gasteiger partial charge in [-0.25, -0.2) is 0 Å². The van der Waals surface area contributed by atoms with Crippen LogP contribution in [0.25, 0.3) is 0 Å². The van der Waals surface area contributed by atoms with Crippen LogP contribution in [0.2, 0.25) is 0 Å². The van der Waals surface area contributed by atoms with Crippen LogP contribution in [-0.4, -0.2) is 26.0 Å². The molecule has 3 heteroatoms. The minimum atomic E-state index is 0.0565. The molecule has 1 aliphatic carbocycles. The molecular formula is C9H17NO2. The maximum Gasteiger partial charge on any atom is 0.160 e. The molecule has 70 valence electrons. The third-order valence-electron chi connectivity index (χ3n) is 3.02. The predicted molar refractivity (Wildman–Crippen MR) is 45.6 cm³/mol. The normalized spacial score (nSPS) is 37.8. The zero-order chi connectivity index (χ0) is 8.39. The van der Waals surface area contributed by atoms with Crippen LogP contribution in [0.15, 0.2) is 0 Å². The van der Waals surface area contributed by atoms with Crippen LogP contribution < -0.4 is 5.73 Å². The topological polar surface area (TPSA) is 44.5 Å². The molecule has 2 aliphatic rings. The molecule has 0 spiro atoms. The van der Waals surface area contributed by atoms with E-state index >= 15 is 0 Å². The van der Waals surface area contributed by atoms with Crippen molar-refractivity contribution in [3.8, 4) is 0 Å². The Labute approximate surface area is 73.2 Å². The van der Waals surface area contributed by atoms with Crippen molar-refractivity contribution in [3.63, 3.8) is 0 Å². The van der Waals surface area contributed by atoms with E-state index in [1.807, 2.05) is 0 Å². The van der Waals surface area contributed by atoms with Gasteiger partial charge in [0.05, 0.1) is 13.2 Å². The molecular weight excluding hydrogens is 154 g/mol. The van der Waals surface area contributed by atoms with Crippen LogP contribution in [0.3, 0.4) is 0 Å². The quantitative estimate of drug-likeness (QED) is 0.666. The lowest BCUT2D eigenvalue weighted by atomic mass is 9.96. The predicted octanol–water partition coefficient (Wildman–Crippen LogP) is 0.734. The van der Waals surface area contributed by atoms with Crippen molar-refractivity contribution in [3.05, 3.63) is 0 Å². The smallest absolute Gasteiger partial charge is 0.160 e. The van der Waals surface area contributed by atoms with Gasteiger partial charge >= 0.3 is 0 Å². The summed E-state index contributed by atoms with van der Waals surface area (Å²) in [6.45, 7) is 2.31. The first-order valence-electron chi connectivity index (χ1n) is 4.85. The Morgan fingerprint density at radius 2 is 1.92 bits per heavy atom. The van der Waals surface area contributed by atoms with Gasteiger partial charge < -0.3 is 15.2 Å².